The third kappa shape index (κ3) is 7.55. The number of phenols is 1. The van der Waals surface area contributed by atoms with Crippen LogP contribution >= 0.6 is 11.8 Å². The third-order valence-electron chi connectivity index (χ3n) is 10.6. The first-order valence-corrected chi connectivity index (χ1v) is 16.9. The van der Waals surface area contributed by atoms with Crippen LogP contribution < -0.4 is 0 Å². The Hall–Kier alpha value is -1.36. The molecule has 1 aromatic carbocycles. The number of hydrogen-bond acceptors (Lipinski definition) is 5. The first kappa shape index (κ1) is 34.5. The Kier molecular flexibility index (Phi) is 11.2. The minimum Gasteiger partial charge on any atom is -0.508 e. The first-order chi connectivity index (χ1) is 20.2. The maximum absolute atomic E-state index is 13.0. The van der Waals surface area contributed by atoms with Crippen molar-refractivity contribution in [1.82, 2.24) is 4.90 Å². The monoisotopic (exact) mass is 633 g/mol. The molecule has 10 heteroatoms. The van der Waals surface area contributed by atoms with Gasteiger partial charge in [0, 0.05) is 6.42 Å². The molecular weight excluding hydrogens is 585 g/mol. The van der Waals surface area contributed by atoms with Gasteiger partial charge >= 0.3 is 12.1 Å². The van der Waals surface area contributed by atoms with Gasteiger partial charge in [0.05, 0.1) is 12.2 Å². The highest BCUT2D eigenvalue weighted by atomic mass is 32.2. The van der Waals surface area contributed by atoms with Crippen LogP contribution in [0.4, 0.5) is 22.0 Å². The van der Waals surface area contributed by atoms with Crippen molar-refractivity contribution in [2.75, 3.05) is 31.6 Å². The van der Waals surface area contributed by atoms with Gasteiger partial charge in [0.25, 0.3) is 0 Å². The topological polar surface area (TPSA) is 63.9 Å². The van der Waals surface area contributed by atoms with Crippen LogP contribution in [-0.4, -0.2) is 70.1 Å². The van der Waals surface area contributed by atoms with Gasteiger partial charge in [-0.25, -0.2) is 0 Å². The Balaban J connectivity index is 1.22. The highest BCUT2D eigenvalue weighted by molar-refractivity contribution is 7.99. The molecule has 4 nitrogen and oxygen atoms in total. The molecule has 43 heavy (non-hydrogen) atoms. The quantitative estimate of drug-likeness (QED) is 0.110. The molecule has 0 aliphatic heterocycles. The molecule has 2 fully saturated rings. The van der Waals surface area contributed by atoms with Gasteiger partial charge in [0.2, 0.25) is 0 Å². The zero-order valence-electron chi connectivity index (χ0n) is 25.4. The lowest BCUT2D eigenvalue weighted by atomic mass is 9.51. The summed E-state index contributed by atoms with van der Waals surface area (Å²) in [5, 5.41) is 32.6. The number of nitrogens with zero attached hydrogens (tertiary/aromatic N) is 1. The van der Waals surface area contributed by atoms with Gasteiger partial charge in [0.1, 0.15) is 5.75 Å². The van der Waals surface area contributed by atoms with E-state index in [2.05, 4.69) is 18.4 Å². The minimum absolute atomic E-state index is 0.0489. The van der Waals surface area contributed by atoms with Crippen molar-refractivity contribution in [2.45, 2.75) is 101 Å². The molecule has 2 saturated carbocycles. The molecule has 7 atom stereocenters. The summed E-state index contributed by atoms with van der Waals surface area (Å²) in [7, 11) is 2.04. The number of alkyl halides is 5. The highest BCUT2D eigenvalue weighted by Crippen LogP contribution is 2.65. The van der Waals surface area contributed by atoms with Crippen molar-refractivity contribution < 1.29 is 37.3 Å². The number of thioether (sulfide) groups is 1. The van der Waals surface area contributed by atoms with Crippen LogP contribution in [0.15, 0.2) is 30.4 Å². The number of aliphatic hydroxyl groups is 2. The van der Waals surface area contributed by atoms with E-state index in [0.29, 0.717) is 18.1 Å². The molecule has 0 unspecified atom stereocenters. The molecule has 0 amide bonds. The van der Waals surface area contributed by atoms with Crippen LogP contribution in [0.25, 0.3) is 0 Å². The zero-order chi connectivity index (χ0) is 31.6. The molecule has 0 aromatic heterocycles. The summed E-state index contributed by atoms with van der Waals surface area (Å²) in [5.41, 5.74) is 2.80. The maximum Gasteiger partial charge on any atom is 0.453 e. The molecule has 0 saturated heterocycles. The zero-order valence-corrected chi connectivity index (χ0v) is 26.2. The Labute approximate surface area is 257 Å². The normalized spacial score (nSPS) is 30.8. The molecule has 0 bridgehead atoms. The van der Waals surface area contributed by atoms with Gasteiger partial charge in [-0.1, -0.05) is 32.4 Å². The van der Waals surface area contributed by atoms with E-state index in [0.717, 1.165) is 80.5 Å². The average molecular weight is 634 g/mol. The number of halogens is 5. The van der Waals surface area contributed by atoms with Gasteiger partial charge in [-0.2, -0.15) is 33.7 Å². The van der Waals surface area contributed by atoms with E-state index in [4.69, 9.17) is 0 Å². The fourth-order valence-electron chi connectivity index (χ4n) is 8.15. The molecule has 244 valence electrons. The van der Waals surface area contributed by atoms with E-state index in [1.807, 2.05) is 13.1 Å². The Bertz CT molecular complexity index is 1100. The molecule has 3 aliphatic rings. The van der Waals surface area contributed by atoms with Crippen molar-refractivity contribution in [3.63, 3.8) is 0 Å². The molecule has 0 radical (unpaired) electrons. The third-order valence-corrected chi connectivity index (χ3v) is 11.8. The fraction of sp³-hybridized carbons (Fsp3) is 0.758. The molecule has 4 rings (SSSR count). The summed E-state index contributed by atoms with van der Waals surface area (Å²) in [5.74, 6) is -2.56. The van der Waals surface area contributed by atoms with Gasteiger partial charge in [-0.05, 0) is 135 Å². The van der Waals surface area contributed by atoms with Crippen LogP contribution in [0, 0.1) is 23.2 Å². The highest BCUT2D eigenvalue weighted by Gasteiger charge is 2.58. The van der Waals surface area contributed by atoms with E-state index in [9.17, 15) is 37.3 Å². The Morgan fingerprint density at radius 3 is 2.42 bits per heavy atom. The summed E-state index contributed by atoms with van der Waals surface area (Å²) in [6.07, 6.45) is -0.602. The molecule has 1 aromatic rings. The number of unbranched alkanes of at least 4 members (excludes halogenated alkanes) is 2. The lowest BCUT2D eigenvalue weighted by molar-refractivity contribution is -0.284. The molecular formula is C33H48F5NO3S. The molecule has 0 spiro atoms. The van der Waals surface area contributed by atoms with Crippen LogP contribution in [0.5, 0.6) is 5.75 Å². The van der Waals surface area contributed by atoms with Gasteiger partial charge < -0.3 is 20.2 Å². The minimum atomic E-state index is -5.47. The Morgan fingerprint density at radius 2 is 1.70 bits per heavy atom. The number of aliphatic hydroxyl groups excluding tert-OH is 2. The largest absolute Gasteiger partial charge is 0.508 e. The van der Waals surface area contributed by atoms with Crippen LogP contribution in [0.1, 0.15) is 94.3 Å². The number of fused-ring (bicyclic) bond motifs is 5. The van der Waals surface area contributed by atoms with Gasteiger partial charge in [-0.3, -0.25) is 0 Å². The maximum atomic E-state index is 13.0. The lowest BCUT2D eigenvalue weighted by Crippen LogP contribution is -2.45. The summed E-state index contributed by atoms with van der Waals surface area (Å²) in [4.78, 5) is 2.22. The smallest absolute Gasteiger partial charge is 0.453 e. The van der Waals surface area contributed by atoms with E-state index >= 15 is 0 Å². The van der Waals surface area contributed by atoms with E-state index < -0.39 is 30.7 Å². The fourth-order valence-corrected chi connectivity index (χ4v) is 9.04. The number of hydrogen-bond donors (Lipinski definition) is 3. The van der Waals surface area contributed by atoms with Crippen molar-refractivity contribution in [3.8, 4) is 5.75 Å². The number of aromatic hydroxyl groups is 1. The van der Waals surface area contributed by atoms with E-state index in [1.165, 1.54) is 11.8 Å². The van der Waals surface area contributed by atoms with E-state index in [1.54, 1.807) is 12.1 Å². The van der Waals surface area contributed by atoms with Crippen molar-refractivity contribution in [3.05, 3.63) is 41.5 Å². The lowest BCUT2D eigenvalue weighted by Gasteiger charge is -2.53. The number of phenolic OH excluding ortho intramolecular Hbond substituents is 1. The average Bonchev–Trinajstić information content (AvgIpc) is 3.17. The van der Waals surface area contributed by atoms with Crippen LogP contribution in [-0.2, 0) is 0 Å². The van der Waals surface area contributed by atoms with Crippen molar-refractivity contribution in [2.24, 2.45) is 23.2 Å². The summed E-state index contributed by atoms with van der Waals surface area (Å²) >= 11 is 1.42. The SMILES string of the molecule is C=C1[C@H](O)C[C@H]2[C@@H]3[C@H](CCCCCN(C)CCCSCCCC(F)(F)C(F)(F)F)[C@H](O)c4cc(O)ccc4[C@H]3CC[C@]12C. The van der Waals surface area contributed by atoms with Gasteiger partial charge in [-0.15, -0.1) is 0 Å². The van der Waals surface area contributed by atoms with Gasteiger partial charge in [0.15, 0.2) is 0 Å². The molecule has 3 aliphatic carbocycles. The van der Waals surface area contributed by atoms with E-state index in [-0.39, 0.29) is 35.3 Å². The molecule has 0 heterocycles. The summed E-state index contributed by atoms with van der Waals surface area (Å²) < 4.78 is 62.7. The van der Waals surface area contributed by atoms with Crippen molar-refractivity contribution >= 4 is 11.8 Å². The van der Waals surface area contributed by atoms with Crippen LogP contribution in [0.3, 0.4) is 0 Å². The van der Waals surface area contributed by atoms with Crippen LogP contribution in [0.2, 0.25) is 0 Å². The predicted octanol–water partition coefficient (Wildman–Crippen LogP) is 8.09. The van der Waals surface area contributed by atoms with Crippen molar-refractivity contribution in [1.29, 1.82) is 0 Å². The predicted molar refractivity (Wildman–Crippen MR) is 162 cm³/mol. The standard InChI is InChI=1S/C33H48F5NO3S/c1-21-28(41)20-27-29-24(12-14-31(21,27)2)23-11-10-22(40)19-26(23)30(42)25(29)9-5-4-6-15-39(3)16-8-18-43-17-7-13-32(34,35)33(36,37)38/h10-11,19,24-25,27-30,40-42H,1,4-9,12-18,20H2,2-3H3/t24-,25+,27+,28-,29+,30+,31-/m1/s1. The number of rotatable bonds is 14. The second-order valence-electron chi connectivity index (χ2n) is 13.4. The second-order valence-corrected chi connectivity index (χ2v) is 14.6. The summed E-state index contributed by atoms with van der Waals surface area (Å²) in [6.45, 7) is 8.26. The summed E-state index contributed by atoms with van der Waals surface area (Å²) in [6, 6.07) is 5.42. The molecule has 3 N–H and O–H groups in total. The first-order valence-electron chi connectivity index (χ1n) is 15.8. The number of benzene rings is 1. The second kappa shape index (κ2) is 14.0. The Morgan fingerprint density at radius 1 is 1.00 bits per heavy atom.